The Morgan fingerprint density at radius 2 is 1.78 bits per heavy atom. The van der Waals surface area contributed by atoms with Crippen molar-refractivity contribution >= 4 is 17.1 Å². The normalized spacial score (nSPS) is 12.0. The number of anilines is 1. The van der Waals surface area contributed by atoms with E-state index in [9.17, 15) is 20.2 Å². The molecule has 0 saturated heterocycles. The van der Waals surface area contributed by atoms with Crippen molar-refractivity contribution in [1.29, 1.82) is 0 Å². The van der Waals surface area contributed by atoms with E-state index in [-0.39, 0.29) is 23.9 Å². The Hall–Kier alpha value is -3.36. The molecule has 1 aliphatic rings. The maximum atomic E-state index is 11.1. The van der Waals surface area contributed by atoms with E-state index in [4.69, 9.17) is 9.47 Å². The molecule has 9 nitrogen and oxygen atoms in total. The fraction of sp³-hybridized carbons (Fsp3) is 0.143. The summed E-state index contributed by atoms with van der Waals surface area (Å²) in [6.07, 6.45) is 0. The fourth-order valence-corrected chi connectivity index (χ4v) is 2.18. The molecule has 1 N–H and O–H groups in total. The molecule has 1 aliphatic heterocycles. The van der Waals surface area contributed by atoms with E-state index >= 15 is 0 Å². The molecular formula is C14H11N3O6. The van der Waals surface area contributed by atoms with Crippen LogP contribution >= 0.6 is 0 Å². The van der Waals surface area contributed by atoms with Crippen LogP contribution in [0.25, 0.3) is 0 Å². The van der Waals surface area contributed by atoms with Crippen LogP contribution in [0.4, 0.5) is 17.1 Å². The average Bonchev–Trinajstić information content (AvgIpc) is 3.00. The molecule has 0 amide bonds. The number of ether oxygens (including phenoxy) is 2. The Labute approximate surface area is 129 Å². The lowest BCUT2D eigenvalue weighted by Gasteiger charge is -2.08. The first-order valence-corrected chi connectivity index (χ1v) is 6.60. The zero-order chi connectivity index (χ0) is 16.4. The smallest absolute Gasteiger partial charge is 0.299 e. The molecule has 1 heterocycles. The van der Waals surface area contributed by atoms with Crippen LogP contribution in [-0.4, -0.2) is 16.6 Å². The van der Waals surface area contributed by atoms with Gasteiger partial charge in [-0.2, -0.15) is 0 Å². The van der Waals surface area contributed by atoms with E-state index in [1.807, 2.05) is 0 Å². The summed E-state index contributed by atoms with van der Waals surface area (Å²) in [7, 11) is 0. The minimum absolute atomic E-state index is 0.167. The number of nitro groups is 2. The van der Waals surface area contributed by atoms with E-state index in [1.165, 1.54) is 12.1 Å². The van der Waals surface area contributed by atoms with Gasteiger partial charge in [-0.15, -0.1) is 0 Å². The minimum atomic E-state index is -0.672. The van der Waals surface area contributed by atoms with E-state index < -0.39 is 9.85 Å². The van der Waals surface area contributed by atoms with Gasteiger partial charge in [-0.05, 0) is 23.8 Å². The summed E-state index contributed by atoms with van der Waals surface area (Å²) in [5.74, 6) is 1.26. The molecule has 2 aromatic rings. The largest absolute Gasteiger partial charge is 0.454 e. The highest BCUT2D eigenvalue weighted by Gasteiger charge is 2.19. The highest BCUT2D eigenvalue weighted by atomic mass is 16.7. The molecule has 0 radical (unpaired) electrons. The lowest BCUT2D eigenvalue weighted by atomic mass is 10.2. The molecule has 23 heavy (non-hydrogen) atoms. The molecular weight excluding hydrogens is 306 g/mol. The van der Waals surface area contributed by atoms with Crippen LogP contribution in [0.15, 0.2) is 36.4 Å². The Morgan fingerprint density at radius 1 is 1.00 bits per heavy atom. The molecule has 3 rings (SSSR count). The topological polar surface area (TPSA) is 117 Å². The number of rotatable bonds is 5. The Morgan fingerprint density at radius 3 is 2.52 bits per heavy atom. The average molecular weight is 317 g/mol. The molecule has 0 aliphatic carbocycles. The zero-order valence-corrected chi connectivity index (χ0v) is 11.7. The molecule has 0 spiro atoms. The van der Waals surface area contributed by atoms with Crippen LogP contribution < -0.4 is 14.8 Å². The third-order valence-corrected chi connectivity index (χ3v) is 3.31. The summed E-state index contributed by atoms with van der Waals surface area (Å²) in [6, 6.07) is 8.80. The molecule has 2 aromatic carbocycles. The van der Waals surface area contributed by atoms with Gasteiger partial charge < -0.3 is 14.8 Å². The predicted molar refractivity (Wildman–Crippen MR) is 79.6 cm³/mol. The van der Waals surface area contributed by atoms with Gasteiger partial charge in [0.25, 0.3) is 11.4 Å². The minimum Gasteiger partial charge on any atom is -0.454 e. The van der Waals surface area contributed by atoms with Crippen LogP contribution in [0.3, 0.4) is 0 Å². The highest BCUT2D eigenvalue weighted by Crippen LogP contribution is 2.33. The van der Waals surface area contributed by atoms with Crippen molar-refractivity contribution in [3.8, 4) is 11.5 Å². The summed E-state index contributed by atoms with van der Waals surface area (Å²) in [4.78, 5) is 20.4. The quantitative estimate of drug-likeness (QED) is 0.665. The van der Waals surface area contributed by atoms with Gasteiger partial charge in [-0.25, -0.2) is 0 Å². The first kappa shape index (κ1) is 14.6. The summed E-state index contributed by atoms with van der Waals surface area (Å²) in [5, 5.41) is 24.7. The molecule has 0 unspecified atom stereocenters. The lowest BCUT2D eigenvalue weighted by Crippen LogP contribution is -2.03. The maximum absolute atomic E-state index is 11.1. The number of fused-ring (bicyclic) bond motifs is 1. The van der Waals surface area contributed by atoms with Gasteiger partial charge in [0.15, 0.2) is 11.5 Å². The zero-order valence-electron chi connectivity index (χ0n) is 11.7. The summed E-state index contributed by atoms with van der Waals surface area (Å²) >= 11 is 0. The number of nitrogens with one attached hydrogen (secondary N) is 1. The summed E-state index contributed by atoms with van der Waals surface area (Å²) in [5.41, 5.74) is 0.366. The maximum Gasteiger partial charge on any atom is 0.299 e. The molecule has 0 atom stereocenters. The van der Waals surface area contributed by atoms with Gasteiger partial charge in [0, 0.05) is 12.6 Å². The molecule has 0 saturated carbocycles. The van der Waals surface area contributed by atoms with E-state index in [0.29, 0.717) is 18.0 Å². The van der Waals surface area contributed by atoms with Gasteiger partial charge in [-0.1, -0.05) is 6.07 Å². The van der Waals surface area contributed by atoms with Gasteiger partial charge in [-0.3, -0.25) is 20.2 Å². The number of hydrogen-bond acceptors (Lipinski definition) is 7. The number of benzene rings is 2. The molecule has 9 heteroatoms. The van der Waals surface area contributed by atoms with Crippen molar-refractivity contribution in [1.82, 2.24) is 0 Å². The molecule has 118 valence electrons. The third kappa shape index (κ3) is 2.98. The Bertz CT molecular complexity index is 792. The van der Waals surface area contributed by atoms with E-state index in [2.05, 4.69) is 5.32 Å². The van der Waals surface area contributed by atoms with Gasteiger partial charge in [0.05, 0.1) is 15.9 Å². The highest BCUT2D eigenvalue weighted by molar-refractivity contribution is 5.65. The Kier molecular flexibility index (Phi) is 3.67. The van der Waals surface area contributed by atoms with Crippen molar-refractivity contribution in [3.63, 3.8) is 0 Å². The van der Waals surface area contributed by atoms with Crippen molar-refractivity contribution in [2.45, 2.75) is 6.54 Å². The first-order valence-electron chi connectivity index (χ1n) is 6.60. The van der Waals surface area contributed by atoms with Crippen LogP contribution in [0.2, 0.25) is 0 Å². The molecule has 0 aromatic heterocycles. The fourth-order valence-electron chi connectivity index (χ4n) is 2.18. The lowest BCUT2D eigenvalue weighted by molar-refractivity contribution is -0.393. The van der Waals surface area contributed by atoms with Crippen LogP contribution in [-0.2, 0) is 6.54 Å². The summed E-state index contributed by atoms with van der Waals surface area (Å²) in [6.45, 7) is 0.468. The van der Waals surface area contributed by atoms with E-state index in [1.54, 1.807) is 18.2 Å². The van der Waals surface area contributed by atoms with Gasteiger partial charge in [0.1, 0.15) is 5.69 Å². The van der Waals surface area contributed by atoms with Gasteiger partial charge in [0.2, 0.25) is 6.79 Å². The predicted octanol–water partition coefficient (Wildman–Crippen LogP) is 2.84. The summed E-state index contributed by atoms with van der Waals surface area (Å²) < 4.78 is 10.5. The number of nitrogens with zero attached hydrogens (tertiary/aromatic N) is 2. The van der Waals surface area contributed by atoms with Crippen molar-refractivity contribution in [2.24, 2.45) is 0 Å². The second-order valence-electron chi connectivity index (χ2n) is 4.76. The van der Waals surface area contributed by atoms with Crippen molar-refractivity contribution in [3.05, 3.63) is 62.2 Å². The first-order chi connectivity index (χ1) is 11.0. The number of non-ortho nitro benzene ring substituents is 1. The molecule has 0 fully saturated rings. The SMILES string of the molecule is O=[N+]([O-])c1ccc(NCc2ccc3c(c2)OCO3)c([N+](=O)[O-])c1. The van der Waals surface area contributed by atoms with Crippen molar-refractivity contribution in [2.75, 3.05) is 12.1 Å². The van der Waals surface area contributed by atoms with Crippen molar-refractivity contribution < 1.29 is 19.3 Å². The van der Waals surface area contributed by atoms with Crippen LogP contribution in [0.1, 0.15) is 5.56 Å². The second kappa shape index (κ2) is 5.79. The second-order valence-corrected chi connectivity index (χ2v) is 4.76. The van der Waals surface area contributed by atoms with E-state index in [0.717, 1.165) is 11.6 Å². The number of nitro benzene ring substituents is 2. The Balaban J connectivity index is 1.80. The monoisotopic (exact) mass is 317 g/mol. The van der Waals surface area contributed by atoms with Crippen LogP contribution in [0, 0.1) is 20.2 Å². The van der Waals surface area contributed by atoms with Gasteiger partial charge >= 0.3 is 0 Å². The van der Waals surface area contributed by atoms with Crippen LogP contribution in [0.5, 0.6) is 11.5 Å². The number of hydrogen-bond donors (Lipinski definition) is 1. The molecule has 0 bridgehead atoms. The standard InChI is InChI=1S/C14H11N3O6/c18-16(19)10-2-3-11(12(6-10)17(20)21)15-7-9-1-4-13-14(5-9)23-8-22-13/h1-6,15H,7-8H2. The third-order valence-electron chi connectivity index (χ3n) is 3.31.